The number of rotatable bonds is 8. The van der Waals surface area contributed by atoms with Crippen LogP contribution in [-0.4, -0.2) is 36.5 Å². The van der Waals surface area contributed by atoms with E-state index in [0.717, 1.165) is 23.6 Å². The molecular formula is C14H19N3O2S. The van der Waals surface area contributed by atoms with E-state index >= 15 is 0 Å². The molecule has 0 bridgehead atoms. The summed E-state index contributed by atoms with van der Waals surface area (Å²) >= 11 is 1.35. The van der Waals surface area contributed by atoms with Crippen molar-refractivity contribution in [1.82, 2.24) is 14.9 Å². The summed E-state index contributed by atoms with van der Waals surface area (Å²) in [5.41, 5.74) is 1.98. The summed E-state index contributed by atoms with van der Waals surface area (Å²) in [6.07, 6.45) is 0. The van der Waals surface area contributed by atoms with Gasteiger partial charge in [-0.1, -0.05) is 29.6 Å². The number of nitrogens with one attached hydrogen (secondary N) is 1. The summed E-state index contributed by atoms with van der Waals surface area (Å²) in [4.78, 5) is 0. The molecule has 0 saturated heterocycles. The van der Waals surface area contributed by atoms with Gasteiger partial charge in [-0.15, -0.1) is 5.10 Å². The van der Waals surface area contributed by atoms with Gasteiger partial charge in [0.15, 0.2) is 0 Å². The Labute approximate surface area is 123 Å². The molecule has 1 N–H and O–H groups in total. The van der Waals surface area contributed by atoms with Crippen LogP contribution in [0, 0.1) is 0 Å². The molecule has 0 saturated carbocycles. The van der Waals surface area contributed by atoms with E-state index in [0.29, 0.717) is 13.2 Å². The number of benzene rings is 1. The molecule has 2 aromatic rings. The topological polar surface area (TPSA) is 56.3 Å². The van der Waals surface area contributed by atoms with Crippen molar-refractivity contribution in [3.05, 3.63) is 40.9 Å². The van der Waals surface area contributed by atoms with E-state index < -0.39 is 0 Å². The van der Waals surface area contributed by atoms with Gasteiger partial charge in [-0.2, -0.15) is 0 Å². The SMILES string of the molecule is CCNC(c1csnn1)c1ccccc1OCCOC. The van der Waals surface area contributed by atoms with E-state index in [2.05, 4.69) is 27.9 Å². The van der Waals surface area contributed by atoms with Gasteiger partial charge in [-0.25, -0.2) is 0 Å². The summed E-state index contributed by atoms with van der Waals surface area (Å²) in [5.74, 6) is 0.850. The molecule has 1 aromatic carbocycles. The van der Waals surface area contributed by atoms with Gasteiger partial charge in [0.25, 0.3) is 0 Å². The fraction of sp³-hybridized carbons (Fsp3) is 0.429. The van der Waals surface area contributed by atoms with Crippen LogP contribution < -0.4 is 10.1 Å². The highest BCUT2D eigenvalue weighted by Gasteiger charge is 2.19. The average Bonchev–Trinajstić information content (AvgIpc) is 3.00. The normalized spacial score (nSPS) is 12.3. The molecular weight excluding hydrogens is 274 g/mol. The zero-order valence-electron chi connectivity index (χ0n) is 11.7. The van der Waals surface area contributed by atoms with Crippen LogP contribution in [0.1, 0.15) is 24.2 Å². The maximum absolute atomic E-state index is 5.79. The predicted molar refractivity (Wildman–Crippen MR) is 79.2 cm³/mol. The van der Waals surface area contributed by atoms with Gasteiger partial charge in [-0.05, 0) is 24.1 Å². The maximum Gasteiger partial charge on any atom is 0.124 e. The molecule has 0 aliphatic heterocycles. The third-order valence-electron chi connectivity index (χ3n) is 2.86. The van der Waals surface area contributed by atoms with Gasteiger partial charge in [-0.3, -0.25) is 0 Å². The Morgan fingerprint density at radius 2 is 2.15 bits per heavy atom. The average molecular weight is 293 g/mol. The maximum atomic E-state index is 5.79. The second-order valence-corrected chi connectivity index (χ2v) is 4.81. The molecule has 1 unspecified atom stereocenters. The Balaban J connectivity index is 2.23. The molecule has 108 valence electrons. The van der Waals surface area contributed by atoms with Gasteiger partial charge in [0.1, 0.15) is 12.4 Å². The fourth-order valence-electron chi connectivity index (χ4n) is 1.96. The zero-order chi connectivity index (χ0) is 14.2. The molecule has 20 heavy (non-hydrogen) atoms. The molecule has 0 radical (unpaired) electrons. The molecule has 1 atom stereocenters. The first-order chi connectivity index (χ1) is 9.86. The molecule has 2 rings (SSSR count). The second kappa shape index (κ2) is 7.94. The molecule has 0 fully saturated rings. The molecule has 6 heteroatoms. The first kappa shape index (κ1) is 14.9. The smallest absolute Gasteiger partial charge is 0.124 e. The molecule has 0 aliphatic carbocycles. The van der Waals surface area contributed by atoms with E-state index in [1.807, 2.05) is 23.6 Å². The molecule has 0 spiro atoms. The van der Waals surface area contributed by atoms with Crippen molar-refractivity contribution in [1.29, 1.82) is 0 Å². The lowest BCUT2D eigenvalue weighted by molar-refractivity contribution is 0.145. The molecule has 0 aliphatic rings. The number of ether oxygens (including phenoxy) is 2. The Morgan fingerprint density at radius 3 is 2.85 bits per heavy atom. The minimum Gasteiger partial charge on any atom is -0.491 e. The van der Waals surface area contributed by atoms with Crippen LogP contribution in [0.5, 0.6) is 5.75 Å². The van der Waals surface area contributed by atoms with Gasteiger partial charge in [0.2, 0.25) is 0 Å². The van der Waals surface area contributed by atoms with Crippen LogP contribution in [0.15, 0.2) is 29.6 Å². The van der Waals surface area contributed by atoms with Crippen LogP contribution in [0.25, 0.3) is 0 Å². The van der Waals surface area contributed by atoms with Crippen molar-refractivity contribution < 1.29 is 9.47 Å². The van der Waals surface area contributed by atoms with E-state index in [9.17, 15) is 0 Å². The largest absolute Gasteiger partial charge is 0.491 e. The molecule has 5 nitrogen and oxygen atoms in total. The van der Waals surface area contributed by atoms with Crippen LogP contribution in [-0.2, 0) is 4.74 Å². The van der Waals surface area contributed by atoms with Crippen molar-refractivity contribution in [2.75, 3.05) is 26.9 Å². The van der Waals surface area contributed by atoms with Crippen LogP contribution in [0.2, 0.25) is 0 Å². The lowest BCUT2D eigenvalue weighted by atomic mass is 10.0. The minimum absolute atomic E-state index is 0.00232. The summed E-state index contributed by atoms with van der Waals surface area (Å²) < 4.78 is 14.8. The Bertz CT molecular complexity index is 505. The molecule has 0 amide bonds. The van der Waals surface area contributed by atoms with Gasteiger partial charge in [0.05, 0.1) is 18.3 Å². The summed E-state index contributed by atoms with van der Waals surface area (Å²) in [5, 5.41) is 9.56. The summed E-state index contributed by atoms with van der Waals surface area (Å²) in [6.45, 7) is 4.01. The van der Waals surface area contributed by atoms with E-state index in [1.165, 1.54) is 11.5 Å². The van der Waals surface area contributed by atoms with E-state index in [-0.39, 0.29) is 6.04 Å². The lowest BCUT2D eigenvalue weighted by Gasteiger charge is -2.19. The van der Waals surface area contributed by atoms with Crippen LogP contribution in [0.4, 0.5) is 0 Å². The molecule has 1 aromatic heterocycles. The third kappa shape index (κ3) is 3.75. The highest BCUT2D eigenvalue weighted by Crippen LogP contribution is 2.29. The van der Waals surface area contributed by atoms with Crippen LogP contribution >= 0.6 is 11.5 Å². The highest BCUT2D eigenvalue weighted by molar-refractivity contribution is 7.03. The van der Waals surface area contributed by atoms with Crippen molar-refractivity contribution in [2.45, 2.75) is 13.0 Å². The lowest BCUT2D eigenvalue weighted by Crippen LogP contribution is -2.23. The summed E-state index contributed by atoms with van der Waals surface area (Å²) in [6, 6.07) is 7.98. The van der Waals surface area contributed by atoms with Crippen molar-refractivity contribution in [3.8, 4) is 5.75 Å². The number of para-hydroxylation sites is 1. The number of aromatic nitrogens is 2. The standard InChI is InChI=1S/C14H19N3O2S/c1-3-15-14(12-10-20-17-16-12)11-6-4-5-7-13(11)19-9-8-18-2/h4-7,10,14-15H,3,8-9H2,1-2H3. The Kier molecular flexibility index (Phi) is 5.91. The van der Waals surface area contributed by atoms with Gasteiger partial charge >= 0.3 is 0 Å². The summed E-state index contributed by atoms with van der Waals surface area (Å²) in [7, 11) is 1.66. The fourth-order valence-corrected chi connectivity index (χ4v) is 2.44. The minimum atomic E-state index is -0.00232. The monoisotopic (exact) mass is 293 g/mol. The molecule has 1 heterocycles. The third-order valence-corrected chi connectivity index (χ3v) is 3.38. The van der Waals surface area contributed by atoms with Crippen molar-refractivity contribution in [3.63, 3.8) is 0 Å². The number of hydrogen-bond acceptors (Lipinski definition) is 6. The van der Waals surface area contributed by atoms with Gasteiger partial charge < -0.3 is 14.8 Å². The van der Waals surface area contributed by atoms with Crippen molar-refractivity contribution >= 4 is 11.5 Å². The highest BCUT2D eigenvalue weighted by atomic mass is 32.1. The first-order valence-corrected chi connectivity index (χ1v) is 7.41. The van der Waals surface area contributed by atoms with E-state index in [4.69, 9.17) is 9.47 Å². The van der Waals surface area contributed by atoms with Crippen LogP contribution in [0.3, 0.4) is 0 Å². The number of nitrogens with zero attached hydrogens (tertiary/aromatic N) is 2. The quantitative estimate of drug-likeness (QED) is 0.757. The second-order valence-electron chi connectivity index (χ2n) is 4.20. The Hall–Kier alpha value is -1.50. The van der Waals surface area contributed by atoms with Gasteiger partial charge in [0, 0.05) is 18.1 Å². The van der Waals surface area contributed by atoms with E-state index in [1.54, 1.807) is 7.11 Å². The number of hydrogen-bond donors (Lipinski definition) is 1. The number of methoxy groups -OCH3 is 1. The predicted octanol–water partition coefficient (Wildman–Crippen LogP) is 2.26. The van der Waals surface area contributed by atoms with Crippen molar-refractivity contribution in [2.24, 2.45) is 0 Å². The Morgan fingerprint density at radius 1 is 1.30 bits per heavy atom. The zero-order valence-corrected chi connectivity index (χ0v) is 12.5. The first-order valence-electron chi connectivity index (χ1n) is 6.57.